The largest absolute Gasteiger partial charge is 0.281 e. The molecular formula is C7H14N4. The fourth-order valence-electron chi connectivity index (χ4n) is 0.849. The van der Waals surface area contributed by atoms with Gasteiger partial charge >= 0.3 is 0 Å². The Labute approximate surface area is 66.6 Å². The van der Waals surface area contributed by atoms with E-state index in [1.165, 1.54) is 5.56 Å². The topological polar surface area (TPSA) is 44.0 Å². The van der Waals surface area contributed by atoms with Gasteiger partial charge in [0.2, 0.25) is 0 Å². The second-order valence-electron chi connectivity index (χ2n) is 2.61. The molecule has 0 amide bonds. The molecule has 0 saturated heterocycles. The fourth-order valence-corrected chi connectivity index (χ4v) is 0.849. The molecule has 62 valence electrons. The quantitative estimate of drug-likeness (QED) is 0.615. The van der Waals surface area contributed by atoms with E-state index in [9.17, 15) is 0 Å². The van der Waals surface area contributed by atoms with Crippen LogP contribution in [0.15, 0.2) is 6.20 Å². The average molecular weight is 154 g/mol. The van der Waals surface area contributed by atoms with E-state index < -0.39 is 0 Å². The SMILES string of the molecule is CNN(C)Cc1[nH]ncc1C. The minimum absolute atomic E-state index is 0.850. The lowest BCUT2D eigenvalue weighted by Gasteiger charge is -2.13. The summed E-state index contributed by atoms with van der Waals surface area (Å²) < 4.78 is 0. The molecule has 0 unspecified atom stereocenters. The minimum Gasteiger partial charge on any atom is -0.281 e. The van der Waals surface area contributed by atoms with Crippen molar-refractivity contribution in [3.63, 3.8) is 0 Å². The molecule has 0 bridgehead atoms. The summed E-state index contributed by atoms with van der Waals surface area (Å²) in [5.41, 5.74) is 5.37. The van der Waals surface area contributed by atoms with Gasteiger partial charge in [-0.25, -0.2) is 5.01 Å². The van der Waals surface area contributed by atoms with E-state index in [1.54, 1.807) is 0 Å². The van der Waals surface area contributed by atoms with E-state index in [4.69, 9.17) is 0 Å². The summed E-state index contributed by atoms with van der Waals surface area (Å²) >= 11 is 0. The van der Waals surface area contributed by atoms with Crippen LogP contribution in [0.5, 0.6) is 0 Å². The maximum atomic E-state index is 3.93. The summed E-state index contributed by atoms with van der Waals surface area (Å²) in [5.74, 6) is 0. The van der Waals surface area contributed by atoms with Crippen LogP contribution in [0.3, 0.4) is 0 Å². The Balaban J connectivity index is 2.56. The number of rotatable bonds is 3. The predicted molar refractivity (Wildman–Crippen MR) is 43.9 cm³/mol. The highest BCUT2D eigenvalue weighted by Gasteiger charge is 2.01. The van der Waals surface area contributed by atoms with Crippen LogP contribution in [0, 0.1) is 6.92 Å². The summed E-state index contributed by atoms with van der Waals surface area (Å²) in [6.07, 6.45) is 1.83. The first-order chi connectivity index (χ1) is 5.24. The summed E-state index contributed by atoms with van der Waals surface area (Å²) in [6, 6.07) is 0. The van der Waals surface area contributed by atoms with Crippen molar-refractivity contribution in [2.75, 3.05) is 14.1 Å². The van der Waals surface area contributed by atoms with E-state index in [2.05, 4.69) is 15.6 Å². The molecule has 11 heavy (non-hydrogen) atoms. The number of aromatic amines is 1. The van der Waals surface area contributed by atoms with E-state index in [0.29, 0.717) is 0 Å². The molecule has 4 nitrogen and oxygen atoms in total. The van der Waals surface area contributed by atoms with Crippen LogP contribution in [0.2, 0.25) is 0 Å². The Hall–Kier alpha value is -0.870. The van der Waals surface area contributed by atoms with Gasteiger partial charge in [0.05, 0.1) is 18.4 Å². The van der Waals surface area contributed by atoms with Crippen molar-refractivity contribution < 1.29 is 0 Å². The van der Waals surface area contributed by atoms with Gasteiger partial charge < -0.3 is 0 Å². The highest BCUT2D eigenvalue weighted by molar-refractivity contribution is 5.12. The van der Waals surface area contributed by atoms with Crippen molar-refractivity contribution in [2.45, 2.75) is 13.5 Å². The second kappa shape index (κ2) is 3.50. The van der Waals surface area contributed by atoms with Crippen LogP contribution in [-0.2, 0) is 6.54 Å². The van der Waals surface area contributed by atoms with Crippen LogP contribution < -0.4 is 5.43 Å². The molecule has 0 radical (unpaired) electrons. The highest BCUT2D eigenvalue weighted by Crippen LogP contribution is 2.02. The number of nitrogens with zero attached hydrogens (tertiary/aromatic N) is 2. The lowest BCUT2D eigenvalue weighted by molar-refractivity contribution is 0.248. The van der Waals surface area contributed by atoms with E-state index in [-0.39, 0.29) is 0 Å². The number of aryl methyl sites for hydroxylation is 1. The Morgan fingerprint density at radius 3 is 2.91 bits per heavy atom. The predicted octanol–water partition coefficient (Wildman–Crippen LogP) is 0.284. The number of hydrazine groups is 1. The van der Waals surface area contributed by atoms with Gasteiger partial charge in [-0.05, 0) is 19.5 Å². The third-order valence-electron chi connectivity index (χ3n) is 1.71. The van der Waals surface area contributed by atoms with Crippen LogP contribution in [0.1, 0.15) is 11.3 Å². The molecule has 0 saturated carbocycles. The Morgan fingerprint density at radius 2 is 2.45 bits per heavy atom. The molecule has 0 aliphatic heterocycles. The van der Waals surface area contributed by atoms with E-state index >= 15 is 0 Å². The van der Waals surface area contributed by atoms with Crippen LogP contribution in [-0.4, -0.2) is 29.3 Å². The average Bonchev–Trinajstić information content (AvgIpc) is 2.37. The highest BCUT2D eigenvalue weighted by atomic mass is 15.5. The molecule has 1 aromatic rings. The number of H-pyrrole nitrogens is 1. The molecule has 0 spiro atoms. The summed E-state index contributed by atoms with van der Waals surface area (Å²) in [7, 11) is 3.88. The van der Waals surface area contributed by atoms with E-state index in [1.807, 2.05) is 32.2 Å². The zero-order chi connectivity index (χ0) is 8.27. The lowest BCUT2D eigenvalue weighted by atomic mass is 10.3. The van der Waals surface area contributed by atoms with Crippen molar-refractivity contribution in [2.24, 2.45) is 0 Å². The Bertz CT molecular complexity index is 218. The molecule has 1 aromatic heterocycles. The monoisotopic (exact) mass is 154 g/mol. The number of hydrogen-bond acceptors (Lipinski definition) is 3. The first-order valence-corrected chi connectivity index (χ1v) is 3.61. The second-order valence-corrected chi connectivity index (χ2v) is 2.61. The smallest absolute Gasteiger partial charge is 0.0548 e. The lowest BCUT2D eigenvalue weighted by Crippen LogP contribution is -2.30. The Morgan fingerprint density at radius 1 is 1.73 bits per heavy atom. The zero-order valence-corrected chi connectivity index (χ0v) is 7.18. The molecule has 0 fully saturated rings. The fraction of sp³-hybridized carbons (Fsp3) is 0.571. The molecular weight excluding hydrogens is 140 g/mol. The van der Waals surface area contributed by atoms with Gasteiger partial charge in [-0.15, -0.1) is 0 Å². The number of nitrogens with one attached hydrogen (secondary N) is 2. The van der Waals surface area contributed by atoms with Crippen molar-refractivity contribution in [3.05, 3.63) is 17.5 Å². The van der Waals surface area contributed by atoms with Crippen molar-refractivity contribution in [1.82, 2.24) is 20.6 Å². The normalized spacial score (nSPS) is 10.9. The van der Waals surface area contributed by atoms with Gasteiger partial charge in [0.15, 0.2) is 0 Å². The molecule has 2 N–H and O–H groups in total. The molecule has 0 aromatic carbocycles. The molecule has 0 atom stereocenters. The molecule has 0 aliphatic carbocycles. The van der Waals surface area contributed by atoms with E-state index in [0.717, 1.165) is 12.2 Å². The maximum absolute atomic E-state index is 3.93. The first-order valence-electron chi connectivity index (χ1n) is 3.61. The van der Waals surface area contributed by atoms with Gasteiger partial charge in [-0.3, -0.25) is 10.5 Å². The van der Waals surface area contributed by atoms with Gasteiger partial charge in [0.1, 0.15) is 0 Å². The van der Waals surface area contributed by atoms with Crippen molar-refractivity contribution in [1.29, 1.82) is 0 Å². The van der Waals surface area contributed by atoms with Gasteiger partial charge in [0.25, 0.3) is 0 Å². The molecule has 1 rings (SSSR count). The molecule has 4 heteroatoms. The van der Waals surface area contributed by atoms with Gasteiger partial charge in [-0.2, -0.15) is 5.10 Å². The summed E-state index contributed by atoms with van der Waals surface area (Å²) in [5, 5.41) is 8.86. The van der Waals surface area contributed by atoms with Crippen LogP contribution in [0.4, 0.5) is 0 Å². The maximum Gasteiger partial charge on any atom is 0.0548 e. The minimum atomic E-state index is 0.850. The zero-order valence-electron chi connectivity index (χ0n) is 7.18. The van der Waals surface area contributed by atoms with Gasteiger partial charge in [0, 0.05) is 7.05 Å². The van der Waals surface area contributed by atoms with Crippen molar-refractivity contribution >= 4 is 0 Å². The number of aromatic nitrogens is 2. The third kappa shape index (κ3) is 2.03. The Kier molecular flexibility index (Phi) is 2.62. The number of hydrogen-bond donors (Lipinski definition) is 2. The first kappa shape index (κ1) is 8.23. The third-order valence-corrected chi connectivity index (χ3v) is 1.71. The van der Waals surface area contributed by atoms with Crippen LogP contribution in [0.25, 0.3) is 0 Å². The summed E-state index contributed by atoms with van der Waals surface area (Å²) in [6.45, 7) is 2.89. The standard InChI is InChI=1S/C7H14N4/c1-6-4-9-10-7(6)5-11(3)8-2/h4,8H,5H2,1-3H3,(H,9,10). The van der Waals surface area contributed by atoms with Gasteiger partial charge in [-0.1, -0.05) is 0 Å². The van der Waals surface area contributed by atoms with Crippen LogP contribution >= 0.6 is 0 Å². The summed E-state index contributed by atoms with van der Waals surface area (Å²) in [4.78, 5) is 0. The molecule has 0 aliphatic rings. The van der Waals surface area contributed by atoms with Crippen molar-refractivity contribution in [3.8, 4) is 0 Å². The molecule has 1 heterocycles.